The van der Waals surface area contributed by atoms with Gasteiger partial charge < -0.3 is 14.8 Å². The fraction of sp³-hybridized carbons (Fsp3) is 0.455. The number of halogens is 2. The first-order valence-electron chi connectivity index (χ1n) is 11.0. The number of fused-ring (bicyclic) bond motifs is 2. The smallest absolute Gasteiger partial charge is 0.256 e. The second-order valence-corrected chi connectivity index (χ2v) is 9.21. The average molecular weight is 470 g/mol. The molecule has 0 radical (unpaired) electrons. The molecule has 0 bridgehead atoms. The van der Waals surface area contributed by atoms with Gasteiger partial charge in [-0.1, -0.05) is 6.92 Å². The number of rotatable bonds is 6. The van der Waals surface area contributed by atoms with Crippen LogP contribution in [0.1, 0.15) is 25.6 Å². The van der Waals surface area contributed by atoms with Gasteiger partial charge in [0, 0.05) is 31.9 Å². The molecule has 178 valence electrons. The molecule has 4 heterocycles. The molecule has 0 saturated heterocycles. The maximum absolute atomic E-state index is 13.0. The van der Waals surface area contributed by atoms with Gasteiger partial charge in [0.25, 0.3) is 6.43 Å². The maximum Gasteiger partial charge on any atom is 0.256 e. The molecule has 0 atom stereocenters. The van der Waals surface area contributed by atoms with Crippen molar-refractivity contribution in [3.8, 4) is 11.3 Å². The third-order valence-electron chi connectivity index (χ3n) is 6.31. The van der Waals surface area contributed by atoms with Crippen molar-refractivity contribution in [2.75, 3.05) is 19.4 Å². The third-order valence-corrected chi connectivity index (χ3v) is 6.31. The summed E-state index contributed by atoms with van der Waals surface area (Å²) in [6.07, 6.45) is 3.94. The minimum Gasteiger partial charge on any atom is -0.350 e. The lowest BCUT2D eigenvalue weighted by Crippen LogP contribution is -2.52. The van der Waals surface area contributed by atoms with Crippen molar-refractivity contribution in [2.45, 2.75) is 45.7 Å². The van der Waals surface area contributed by atoms with Gasteiger partial charge in [0.05, 0.1) is 35.6 Å². The van der Waals surface area contributed by atoms with Crippen LogP contribution in [0, 0.1) is 12.3 Å². The highest BCUT2D eigenvalue weighted by Crippen LogP contribution is 2.43. The number of carbonyl (C=O) groups is 1. The Kier molecular flexibility index (Phi) is 5.18. The van der Waals surface area contributed by atoms with Crippen LogP contribution in [0.25, 0.3) is 28.1 Å². The highest BCUT2D eigenvalue weighted by Gasteiger charge is 2.47. The Morgan fingerprint density at radius 1 is 1.26 bits per heavy atom. The number of anilines is 1. The van der Waals surface area contributed by atoms with Gasteiger partial charge in [0.2, 0.25) is 11.9 Å². The lowest BCUT2D eigenvalue weighted by atomic mass is 9.66. The van der Waals surface area contributed by atoms with Gasteiger partial charge in [-0.2, -0.15) is 0 Å². The van der Waals surface area contributed by atoms with E-state index in [1.165, 1.54) is 4.57 Å². The van der Waals surface area contributed by atoms with Crippen molar-refractivity contribution in [1.29, 1.82) is 0 Å². The molecule has 1 aliphatic rings. The third kappa shape index (κ3) is 3.72. The van der Waals surface area contributed by atoms with Gasteiger partial charge in [-0.15, -0.1) is 5.10 Å². The first-order chi connectivity index (χ1) is 16.1. The monoisotopic (exact) mass is 469 g/mol. The minimum atomic E-state index is -2.52. The summed E-state index contributed by atoms with van der Waals surface area (Å²) in [5, 5.41) is 7.83. The summed E-state index contributed by atoms with van der Waals surface area (Å²) in [7, 11) is 3.54. The van der Waals surface area contributed by atoms with E-state index >= 15 is 0 Å². The molecule has 10 nitrogen and oxygen atoms in total. The van der Waals surface area contributed by atoms with E-state index in [9.17, 15) is 13.6 Å². The van der Waals surface area contributed by atoms with Gasteiger partial charge in [0.15, 0.2) is 11.3 Å². The largest absolute Gasteiger partial charge is 0.350 e. The molecule has 1 amide bonds. The number of aryl methyl sites for hydroxylation is 1. The van der Waals surface area contributed by atoms with Crippen molar-refractivity contribution >= 4 is 28.7 Å². The van der Waals surface area contributed by atoms with Gasteiger partial charge in [-0.25, -0.2) is 33.2 Å². The standard InChI is InChI=1S/C22H25F2N9O/c1-12-27-18-19(32(12)11-17(23)24)29-15(9-25-18)14-5-6-33-16(14)10-26-21(30-33)28-13-7-22(2,8-13)20(34)31(3)4/h5-6,9-10,13,17H,7-8,11H2,1-4H3,(H,28,30). The second kappa shape index (κ2) is 7.96. The van der Waals surface area contributed by atoms with Gasteiger partial charge >= 0.3 is 0 Å². The maximum atomic E-state index is 13.0. The van der Waals surface area contributed by atoms with E-state index in [0.717, 1.165) is 5.56 Å². The molecule has 1 aliphatic carbocycles. The normalized spacial score (nSPS) is 20.1. The van der Waals surface area contributed by atoms with E-state index in [1.54, 1.807) is 49.0 Å². The predicted octanol–water partition coefficient (Wildman–Crippen LogP) is 2.78. The molecule has 1 N–H and O–H groups in total. The van der Waals surface area contributed by atoms with Crippen LogP contribution in [0.5, 0.6) is 0 Å². The zero-order chi connectivity index (χ0) is 24.2. The lowest BCUT2D eigenvalue weighted by molar-refractivity contribution is -0.143. The Labute approximate surface area is 194 Å². The van der Waals surface area contributed by atoms with E-state index < -0.39 is 13.0 Å². The predicted molar refractivity (Wildman–Crippen MR) is 121 cm³/mol. The molecule has 1 saturated carbocycles. The van der Waals surface area contributed by atoms with Crippen molar-refractivity contribution in [2.24, 2.45) is 5.41 Å². The summed E-state index contributed by atoms with van der Waals surface area (Å²) in [6.45, 7) is 3.14. The topological polar surface area (TPSA) is 106 Å². The Morgan fingerprint density at radius 3 is 2.74 bits per heavy atom. The molecule has 1 fully saturated rings. The quantitative estimate of drug-likeness (QED) is 0.463. The average Bonchev–Trinajstić information content (AvgIpc) is 3.31. The molecule has 0 aliphatic heterocycles. The van der Waals surface area contributed by atoms with Crippen molar-refractivity contribution in [3.63, 3.8) is 0 Å². The summed E-state index contributed by atoms with van der Waals surface area (Å²) in [4.78, 5) is 31.5. The number of amides is 1. The Bertz CT molecular complexity index is 1390. The highest BCUT2D eigenvalue weighted by molar-refractivity contribution is 5.83. The molecule has 0 spiro atoms. The molecular formula is C22H25F2N9O. The fourth-order valence-electron chi connectivity index (χ4n) is 4.70. The van der Waals surface area contributed by atoms with Crippen molar-refractivity contribution < 1.29 is 13.6 Å². The number of alkyl halides is 2. The number of imidazole rings is 1. The lowest BCUT2D eigenvalue weighted by Gasteiger charge is -2.45. The number of nitrogens with one attached hydrogen (secondary N) is 1. The fourth-order valence-corrected chi connectivity index (χ4v) is 4.70. The van der Waals surface area contributed by atoms with Crippen LogP contribution in [-0.4, -0.2) is 71.5 Å². The summed E-state index contributed by atoms with van der Waals surface area (Å²) in [5.74, 6) is 1.03. The van der Waals surface area contributed by atoms with Crippen LogP contribution in [0.3, 0.4) is 0 Å². The molecule has 4 aromatic rings. The molecule has 5 rings (SSSR count). The number of hydrogen-bond donors (Lipinski definition) is 1. The van der Waals surface area contributed by atoms with Gasteiger partial charge in [-0.05, 0) is 25.8 Å². The number of carbonyl (C=O) groups excluding carboxylic acids is 1. The highest BCUT2D eigenvalue weighted by atomic mass is 19.3. The SMILES string of the molecule is Cc1nc2ncc(-c3ccn4nc(NC5CC(C)(C(=O)N(C)C)C5)ncc34)nc2n1CC(F)F. The van der Waals surface area contributed by atoms with Crippen LogP contribution >= 0.6 is 0 Å². The Balaban J connectivity index is 1.38. The number of aromatic nitrogens is 7. The van der Waals surface area contributed by atoms with Crippen LogP contribution in [0.4, 0.5) is 14.7 Å². The van der Waals surface area contributed by atoms with Gasteiger partial charge in [0.1, 0.15) is 5.82 Å². The van der Waals surface area contributed by atoms with Crippen molar-refractivity contribution in [3.05, 3.63) is 30.5 Å². The van der Waals surface area contributed by atoms with Crippen LogP contribution in [-0.2, 0) is 11.3 Å². The first-order valence-corrected chi connectivity index (χ1v) is 11.0. The number of hydrogen-bond acceptors (Lipinski definition) is 7. The van der Waals surface area contributed by atoms with Crippen LogP contribution in [0.2, 0.25) is 0 Å². The zero-order valence-electron chi connectivity index (χ0n) is 19.3. The van der Waals surface area contributed by atoms with E-state index in [-0.39, 0.29) is 17.4 Å². The molecule has 4 aromatic heterocycles. The van der Waals surface area contributed by atoms with Gasteiger partial charge in [-0.3, -0.25) is 4.79 Å². The summed E-state index contributed by atoms with van der Waals surface area (Å²) in [5.41, 5.74) is 2.24. The summed E-state index contributed by atoms with van der Waals surface area (Å²) in [6, 6.07) is 1.95. The molecular weight excluding hydrogens is 444 g/mol. The molecule has 12 heteroatoms. The van der Waals surface area contributed by atoms with Crippen LogP contribution in [0.15, 0.2) is 24.7 Å². The van der Waals surface area contributed by atoms with Crippen LogP contribution < -0.4 is 5.32 Å². The second-order valence-electron chi connectivity index (χ2n) is 9.21. The Morgan fingerprint density at radius 2 is 2.03 bits per heavy atom. The molecule has 0 aromatic carbocycles. The summed E-state index contributed by atoms with van der Waals surface area (Å²) >= 11 is 0. The van der Waals surface area contributed by atoms with E-state index in [2.05, 4.69) is 30.4 Å². The minimum absolute atomic E-state index is 0.119. The number of nitrogens with zero attached hydrogens (tertiary/aromatic N) is 8. The van der Waals surface area contributed by atoms with Crippen molar-refractivity contribution in [1.82, 2.24) is 39.0 Å². The molecule has 0 unspecified atom stereocenters. The van der Waals surface area contributed by atoms with E-state index in [0.29, 0.717) is 47.1 Å². The van der Waals surface area contributed by atoms with E-state index in [4.69, 9.17) is 0 Å². The first kappa shape index (κ1) is 22.1. The molecule has 34 heavy (non-hydrogen) atoms. The summed E-state index contributed by atoms with van der Waals surface area (Å²) < 4.78 is 29.1. The Hall–Kier alpha value is -3.70. The van der Waals surface area contributed by atoms with E-state index in [1.807, 2.05) is 13.0 Å². The zero-order valence-corrected chi connectivity index (χ0v) is 19.3.